The maximum Gasteiger partial charge on any atom is 0.418 e. The predicted molar refractivity (Wildman–Crippen MR) is 92.3 cm³/mol. The number of alkyl halides is 3. The lowest BCUT2D eigenvalue weighted by Gasteiger charge is -2.16. The van der Waals surface area contributed by atoms with Crippen molar-refractivity contribution in [2.75, 3.05) is 11.9 Å². The summed E-state index contributed by atoms with van der Waals surface area (Å²) in [5, 5.41) is 5.42. The minimum atomic E-state index is -4.53. The number of halogens is 4. The Labute approximate surface area is 149 Å². The molecule has 0 bridgehead atoms. The summed E-state index contributed by atoms with van der Waals surface area (Å²) < 4.78 is 51.9. The highest BCUT2D eigenvalue weighted by molar-refractivity contribution is 5.92. The Morgan fingerprint density at radius 2 is 1.85 bits per heavy atom. The molecule has 1 atom stereocenters. The molecule has 0 heterocycles. The Morgan fingerprint density at radius 3 is 2.54 bits per heavy atom. The minimum absolute atomic E-state index is 0.0232. The third-order valence-corrected chi connectivity index (χ3v) is 3.79. The molecule has 7 heteroatoms. The zero-order valence-corrected chi connectivity index (χ0v) is 14.2. The van der Waals surface area contributed by atoms with Gasteiger partial charge >= 0.3 is 6.18 Å². The Morgan fingerprint density at radius 1 is 1.12 bits per heavy atom. The molecular weight excluding hydrogens is 348 g/mol. The normalized spacial score (nSPS) is 12.7. The fourth-order valence-corrected chi connectivity index (χ4v) is 2.55. The van der Waals surface area contributed by atoms with Crippen LogP contribution in [0.3, 0.4) is 0 Å². The molecule has 0 spiro atoms. The van der Waals surface area contributed by atoms with Gasteiger partial charge in [-0.15, -0.1) is 0 Å². The first kappa shape index (κ1) is 19.9. The fourth-order valence-electron chi connectivity index (χ4n) is 2.55. The van der Waals surface area contributed by atoms with Gasteiger partial charge in [-0.3, -0.25) is 4.79 Å². The third-order valence-electron chi connectivity index (χ3n) is 3.79. The molecule has 0 aliphatic carbocycles. The van der Waals surface area contributed by atoms with Crippen LogP contribution >= 0.6 is 0 Å². The second-order valence-electron chi connectivity index (χ2n) is 6.03. The summed E-state index contributed by atoms with van der Waals surface area (Å²) >= 11 is 0. The van der Waals surface area contributed by atoms with Crippen molar-refractivity contribution in [2.24, 2.45) is 0 Å². The molecule has 2 N–H and O–H groups in total. The van der Waals surface area contributed by atoms with Gasteiger partial charge in [0.1, 0.15) is 5.82 Å². The zero-order chi connectivity index (χ0) is 19.2. The molecule has 0 radical (unpaired) electrons. The van der Waals surface area contributed by atoms with Gasteiger partial charge in [-0.25, -0.2) is 4.39 Å². The molecule has 0 saturated heterocycles. The molecule has 1 amide bonds. The van der Waals surface area contributed by atoms with E-state index in [2.05, 4.69) is 10.6 Å². The molecule has 0 aliphatic heterocycles. The highest BCUT2D eigenvalue weighted by Gasteiger charge is 2.33. The van der Waals surface area contributed by atoms with Crippen molar-refractivity contribution in [3.63, 3.8) is 0 Å². The Hall–Kier alpha value is -2.41. The van der Waals surface area contributed by atoms with E-state index in [4.69, 9.17) is 0 Å². The summed E-state index contributed by atoms with van der Waals surface area (Å²) in [7, 11) is 0. The average Bonchev–Trinajstić information content (AvgIpc) is 2.54. The topological polar surface area (TPSA) is 41.1 Å². The molecule has 2 aromatic rings. The number of carbonyl (C=O) groups is 1. The summed E-state index contributed by atoms with van der Waals surface area (Å²) in [5.74, 6) is -0.814. The lowest BCUT2D eigenvalue weighted by atomic mass is 10.1. The second-order valence-corrected chi connectivity index (χ2v) is 6.03. The van der Waals surface area contributed by atoms with E-state index < -0.39 is 17.6 Å². The van der Waals surface area contributed by atoms with E-state index in [1.807, 2.05) is 0 Å². The predicted octanol–water partition coefficient (Wildman–Crippen LogP) is 4.39. The third kappa shape index (κ3) is 6.15. The zero-order valence-electron chi connectivity index (χ0n) is 14.2. The Kier molecular flexibility index (Phi) is 6.74. The van der Waals surface area contributed by atoms with Gasteiger partial charge in [-0.1, -0.05) is 24.3 Å². The highest BCUT2D eigenvalue weighted by atomic mass is 19.4. The Bertz CT molecular complexity index is 746. The van der Waals surface area contributed by atoms with Crippen molar-refractivity contribution in [2.45, 2.75) is 32.0 Å². The van der Waals surface area contributed by atoms with Gasteiger partial charge in [0.15, 0.2) is 0 Å². The molecular formula is C19H20F4N2O. The number of anilines is 1. The van der Waals surface area contributed by atoms with Crippen LogP contribution in [0, 0.1) is 5.82 Å². The van der Waals surface area contributed by atoms with Gasteiger partial charge in [0.05, 0.1) is 11.3 Å². The first-order valence-corrected chi connectivity index (χ1v) is 8.19. The van der Waals surface area contributed by atoms with Gasteiger partial charge in [-0.2, -0.15) is 13.2 Å². The van der Waals surface area contributed by atoms with E-state index in [1.165, 1.54) is 30.3 Å². The van der Waals surface area contributed by atoms with E-state index in [1.54, 1.807) is 19.1 Å². The standard InChI is InChI=1S/C19H20F4N2O/c1-13(24-10-9-14-5-4-6-15(20)12-14)11-18(26)25-17-8-3-2-7-16(17)19(21,22)23/h2-8,12-13,24H,9-11H2,1H3,(H,25,26). The number of nitrogens with one attached hydrogen (secondary N) is 2. The molecule has 0 aromatic heterocycles. The number of hydrogen-bond donors (Lipinski definition) is 2. The Balaban J connectivity index is 1.82. The summed E-state index contributed by atoms with van der Waals surface area (Å²) in [6, 6.07) is 10.9. The molecule has 2 aromatic carbocycles. The van der Waals surface area contributed by atoms with E-state index in [0.717, 1.165) is 11.6 Å². The molecule has 0 fully saturated rings. The SMILES string of the molecule is CC(CC(=O)Nc1ccccc1C(F)(F)F)NCCc1cccc(F)c1. The van der Waals surface area contributed by atoms with Crippen LogP contribution in [0.15, 0.2) is 48.5 Å². The lowest BCUT2D eigenvalue weighted by molar-refractivity contribution is -0.137. The summed E-state index contributed by atoms with van der Waals surface area (Å²) in [6.07, 6.45) is -3.92. The van der Waals surface area contributed by atoms with Gasteiger partial charge in [0.25, 0.3) is 0 Å². The first-order chi connectivity index (χ1) is 12.3. The van der Waals surface area contributed by atoms with Gasteiger partial charge in [0, 0.05) is 12.5 Å². The van der Waals surface area contributed by atoms with Crippen LogP contribution in [0.2, 0.25) is 0 Å². The number of carbonyl (C=O) groups excluding carboxylic acids is 1. The molecule has 140 valence electrons. The van der Waals surface area contributed by atoms with Crippen molar-refractivity contribution in [1.29, 1.82) is 0 Å². The van der Waals surface area contributed by atoms with E-state index in [0.29, 0.717) is 13.0 Å². The highest BCUT2D eigenvalue weighted by Crippen LogP contribution is 2.34. The van der Waals surface area contributed by atoms with Crippen molar-refractivity contribution in [3.05, 3.63) is 65.5 Å². The molecule has 26 heavy (non-hydrogen) atoms. The van der Waals surface area contributed by atoms with Gasteiger partial charge in [0.2, 0.25) is 5.91 Å². The van der Waals surface area contributed by atoms with Crippen molar-refractivity contribution in [1.82, 2.24) is 5.32 Å². The lowest BCUT2D eigenvalue weighted by Crippen LogP contribution is -2.32. The van der Waals surface area contributed by atoms with Crippen LogP contribution < -0.4 is 10.6 Å². The number of benzene rings is 2. The number of para-hydroxylation sites is 1. The quantitative estimate of drug-likeness (QED) is 0.712. The van der Waals surface area contributed by atoms with Crippen molar-refractivity contribution in [3.8, 4) is 0 Å². The fraction of sp³-hybridized carbons (Fsp3) is 0.316. The largest absolute Gasteiger partial charge is 0.418 e. The molecule has 0 saturated carbocycles. The number of amides is 1. The van der Waals surface area contributed by atoms with E-state index in [-0.39, 0.29) is 24.0 Å². The van der Waals surface area contributed by atoms with Crippen LogP contribution in [0.25, 0.3) is 0 Å². The van der Waals surface area contributed by atoms with Crippen molar-refractivity contribution < 1.29 is 22.4 Å². The van der Waals surface area contributed by atoms with E-state index >= 15 is 0 Å². The van der Waals surface area contributed by atoms with Crippen LogP contribution in [-0.4, -0.2) is 18.5 Å². The summed E-state index contributed by atoms with van der Waals surface area (Å²) in [5.41, 5.74) is -0.301. The number of rotatable bonds is 7. The van der Waals surface area contributed by atoms with Crippen molar-refractivity contribution >= 4 is 11.6 Å². The first-order valence-electron chi connectivity index (χ1n) is 8.19. The second kappa shape index (κ2) is 8.80. The molecule has 1 unspecified atom stereocenters. The maximum absolute atomic E-state index is 13.1. The number of hydrogen-bond acceptors (Lipinski definition) is 2. The molecule has 3 nitrogen and oxygen atoms in total. The minimum Gasteiger partial charge on any atom is -0.325 e. The van der Waals surface area contributed by atoms with E-state index in [9.17, 15) is 22.4 Å². The van der Waals surface area contributed by atoms with Crippen LogP contribution in [-0.2, 0) is 17.4 Å². The van der Waals surface area contributed by atoms with Gasteiger partial charge in [-0.05, 0) is 49.7 Å². The summed E-state index contributed by atoms with van der Waals surface area (Å²) in [6.45, 7) is 2.29. The molecule has 0 aliphatic rings. The molecule has 2 rings (SSSR count). The van der Waals surface area contributed by atoms with Crippen LogP contribution in [0.5, 0.6) is 0 Å². The summed E-state index contributed by atoms with van der Waals surface area (Å²) in [4.78, 5) is 12.0. The van der Waals surface area contributed by atoms with Crippen LogP contribution in [0.1, 0.15) is 24.5 Å². The maximum atomic E-state index is 13.1. The van der Waals surface area contributed by atoms with Crippen LogP contribution in [0.4, 0.5) is 23.2 Å². The average molecular weight is 368 g/mol. The smallest absolute Gasteiger partial charge is 0.325 e. The van der Waals surface area contributed by atoms with Gasteiger partial charge < -0.3 is 10.6 Å². The monoisotopic (exact) mass is 368 g/mol.